The third kappa shape index (κ3) is 4.33. The second kappa shape index (κ2) is 9.30. The lowest BCUT2D eigenvalue weighted by molar-refractivity contribution is -0.128. The maximum absolute atomic E-state index is 13.5. The lowest BCUT2D eigenvalue weighted by Crippen LogP contribution is -2.46. The summed E-state index contributed by atoms with van der Waals surface area (Å²) >= 11 is 0. The van der Waals surface area contributed by atoms with Crippen LogP contribution in [0.1, 0.15) is 25.8 Å². The van der Waals surface area contributed by atoms with Gasteiger partial charge in [-0.3, -0.25) is 9.48 Å². The van der Waals surface area contributed by atoms with Crippen LogP contribution in [-0.4, -0.2) is 38.7 Å². The third-order valence-corrected chi connectivity index (χ3v) is 6.38. The number of carbonyl (C=O) groups excluding carboxylic acids is 1. The number of halogens is 2. The number of carbonyl (C=O) groups is 1. The molecule has 0 bridgehead atoms. The molecule has 7 nitrogen and oxygen atoms in total. The topological polar surface area (TPSA) is 86.3 Å². The molecule has 1 aliphatic carbocycles. The number of rotatable bonds is 5. The summed E-state index contributed by atoms with van der Waals surface area (Å²) in [6.07, 6.45) is 3.16. The van der Waals surface area contributed by atoms with Crippen LogP contribution >= 0.6 is 0 Å². The average Bonchev–Trinajstić information content (AvgIpc) is 3.18. The summed E-state index contributed by atoms with van der Waals surface area (Å²) in [5.41, 5.74) is 8.57. The summed E-state index contributed by atoms with van der Waals surface area (Å²) in [6, 6.07) is 12.1. The van der Waals surface area contributed by atoms with Gasteiger partial charge in [0.15, 0.2) is 0 Å². The molecule has 1 saturated carbocycles. The van der Waals surface area contributed by atoms with Gasteiger partial charge in [0.05, 0.1) is 16.9 Å². The highest BCUT2D eigenvalue weighted by atomic mass is 19.1. The lowest BCUT2D eigenvalue weighted by Gasteiger charge is -2.40. The maximum atomic E-state index is 13.5. The summed E-state index contributed by atoms with van der Waals surface area (Å²) in [4.78, 5) is 18.0. The van der Waals surface area contributed by atoms with Crippen LogP contribution < -0.4 is 10.5 Å². The summed E-state index contributed by atoms with van der Waals surface area (Å²) < 4.78 is 34.5. The van der Waals surface area contributed by atoms with E-state index in [-0.39, 0.29) is 23.7 Å². The van der Waals surface area contributed by atoms with Crippen LogP contribution in [0.15, 0.2) is 54.7 Å². The fraction of sp³-hybridized carbons (Fsp3) is 0.222. The first-order valence-corrected chi connectivity index (χ1v) is 11.4. The molecule has 2 heterocycles. The van der Waals surface area contributed by atoms with E-state index in [4.69, 9.17) is 15.6 Å². The first kappa shape index (κ1) is 23.3. The molecule has 2 aromatic carbocycles. The monoisotopic (exact) mass is 487 g/mol. The van der Waals surface area contributed by atoms with Gasteiger partial charge in [-0.1, -0.05) is 5.92 Å². The smallest absolute Gasteiger partial charge is 0.298 e. The van der Waals surface area contributed by atoms with Crippen molar-refractivity contribution in [3.63, 3.8) is 0 Å². The molecular formula is C27H23F2N5O2. The lowest BCUT2D eigenvalue weighted by atomic mass is 9.85. The number of amides is 1. The predicted octanol–water partition coefficient (Wildman–Crippen LogP) is 4.94. The van der Waals surface area contributed by atoms with Gasteiger partial charge < -0.3 is 15.4 Å². The van der Waals surface area contributed by atoms with E-state index in [0.29, 0.717) is 17.3 Å². The van der Waals surface area contributed by atoms with Crippen molar-refractivity contribution in [2.24, 2.45) is 0 Å². The highest BCUT2D eigenvalue weighted by molar-refractivity contribution is 6.00. The van der Waals surface area contributed by atoms with Crippen molar-refractivity contribution in [1.82, 2.24) is 19.7 Å². The molecule has 2 aromatic heterocycles. The Balaban J connectivity index is 1.41. The van der Waals surface area contributed by atoms with Crippen molar-refractivity contribution in [1.29, 1.82) is 0 Å². The van der Waals surface area contributed by atoms with E-state index >= 15 is 0 Å². The Morgan fingerprint density at radius 1 is 1.11 bits per heavy atom. The third-order valence-electron chi connectivity index (χ3n) is 6.38. The van der Waals surface area contributed by atoms with Crippen LogP contribution in [0.25, 0.3) is 22.2 Å². The normalized spacial score (nSPS) is 16.7. The van der Waals surface area contributed by atoms with E-state index in [1.54, 1.807) is 37.2 Å². The Morgan fingerprint density at radius 3 is 2.47 bits per heavy atom. The Labute approximate surface area is 206 Å². The zero-order valence-corrected chi connectivity index (χ0v) is 19.7. The molecule has 0 spiro atoms. The van der Waals surface area contributed by atoms with Crippen LogP contribution in [0.5, 0.6) is 11.5 Å². The maximum Gasteiger partial charge on any atom is 0.298 e. The Kier molecular flexibility index (Phi) is 6.02. The summed E-state index contributed by atoms with van der Waals surface area (Å²) in [5, 5.41) is 5.62. The molecule has 9 heteroatoms. The number of hydrogen-bond acceptors (Lipinski definition) is 5. The number of nitrogen functional groups attached to an aromatic ring is 1. The summed E-state index contributed by atoms with van der Waals surface area (Å²) in [6.45, 7) is 1.64. The summed E-state index contributed by atoms with van der Waals surface area (Å²) in [7, 11) is 1.77. The van der Waals surface area contributed by atoms with Crippen LogP contribution in [0.2, 0.25) is 0 Å². The van der Waals surface area contributed by atoms with Crippen LogP contribution in [-0.2, 0) is 4.79 Å². The van der Waals surface area contributed by atoms with Gasteiger partial charge in [-0.25, -0.2) is 13.8 Å². The van der Waals surface area contributed by atoms with Gasteiger partial charge in [-0.2, -0.15) is 5.10 Å². The van der Waals surface area contributed by atoms with Crippen molar-refractivity contribution in [3.05, 3.63) is 66.4 Å². The predicted molar refractivity (Wildman–Crippen MR) is 132 cm³/mol. The van der Waals surface area contributed by atoms with E-state index in [9.17, 15) is 13.6 Å². The minimum absolute atomic E-state index is 0.0660. The van der Waals surface area contributed by atoms with E-state index < -0.39 is 11.6 Å². The number of fused-ring (bicyclic) bond motifs is 1. The number of aromatic nitrogens is 3. The highest BCUT2D eigenvalue weighted by Gasteiger charge is 2.37. The number of nitrogens with two attached hydrogens (primary N) is 1. The second-order valence-corrected chi connectivity index (χ2v) is 8.69. The molecular weight excluding hydrogens is 464 g/mol. The van der Waals surface area contributed by atoms with E-state index in [1.807, 2.05) is 22.9 Å². The molecule has 1 fully saturated rings. The minimum Gasteiger partial charge on any atom is -0.457 e. The molecule has 0 unspecified atom stereocenters. The van der Waals surface area contributed by atoms with Crippen LogP contribution in [0.3, 0.4) is 0 Å². The first-order chi connectivity index (χ1) is 17.3. The number of benzene rings is 2. The highest BCUT2D eigenvalue weighted by Crippen LogP contribution is 2.40. The molecule has 0 atom stereocenters. The minimum atomic E-state index is -0.714. The first-order valence-electron chi connectivity index (χ1n) is 11.4. The zero-order valence-electron chi connectivity index (χ0n) is 19.7. The van der Waals surface area contributed by atoms with Gasteiger partial charge in [0, 0.05) is 43.0 Å². The summed E-state index contributed by atoms with van der Waals surface area (Å²) in [5.74, 6) is 4.46. The number of pyridine rings is 1. The average molecular weight is 488 g/mol. The van der Waals surface area contributed by atoms with E-state index in [2.05, 4.69) is 16.8 Å². The van der Waals surface area contributed by atoms with Gasteiger partial charge in [-0.15, -0.1) is 0 Å². The molecule has 182 valence electrons. The number of hydrogen-bond donors (Lipinski definition) is 1. The van der Waals surface area contributed by atoms with E-state index in [0.717, 1.165) is 47.5 Å². The zero-order chi connectivity index (χ0) is 25.4. The fourth-order valence-electron chi connectivity index (χ4n) is 4.43. The largest absolute Gasteiger partial charge is 0.457 e. The van der Waals surface area contributed by atoms with Crippen molar-refractivity contribution in [3.8, 4) is 34.6 Å². The number of ether oxygens (including phenoxy) is 1. The van der Waals surface area contributed by atoms with Gasteiger partial charge in [-0.05, 0) is 56.0 Å². The molecule has 0 saturated heterocycles. The Bertz CT molecular complexity index is 1490. The Morgan fingerprint density at radius 2 is 1.81 bits per heavy atom. The quantitative estimate of drug-likeness (QED) is 0.403. The van der Waals surface area contributed by atoms with Crippen molar-refractivity contribution < 1.29 is 18.3 Å². The molecule has 1 amide bonds. The van der Waals surface area contributed by atoms with Gasteiger partial charge in [0.2, 0.25) is 0 Å². The van der Waals surface area contributed by atoms with Crippen molar-refractivity contribution >= 4 is 22.6 Å². The van der Waals surface area contributed by atoms with Crippen LogP contribution in [0.4, 0.5) is 14.6 Å². The molecule has 5 rings (SSSR count). The molecule has 0 aliphatic heterocycles. The van der Waals surface area contributed by atoms with Gasteiger partial charge >= 0.3 is 0 Å². The molecule has 36 heavy (non-hydrogen) atoms. The number of anilines is 1. The molecule has 0 radical (unpaired) electrons. The van der Waals surface area contributed by atoms with Gasteiger partial charge in [0.25, 0.3) is 5.91 Å². The van der Waals surface area contributed by atoms with Crippen molar-refractivity contribution in [2.75, 3.05) is 12.8 Å². The number of nitrogens with zero attached hydrogens (tertiary/aromatic N) is 4. The Hall–Kier alpha value is -4.45. The van der Waals surface area contributed by atoms with E-state index in [1.165, 1.54) is 0 Å². The van der Waals surface area contributed by atoms with Crippen LogP contribution in [0, 0.1) is 23.5 Å². The van der Waals surface area contributed by atoms with Crippen molar-refractivity contribution in [2.45, 2.75) is 31.8 Å². The second-order valence-electron chi connectivity index (χ2n) is 8.69. The van der Waals surface area contributed by atoms with Gasteiger partial charge in [0.1, 0.15) is 34.6 Å². The fourth-order valence-corrected chi connectivity index (χ4v) is 4.43. The molecule has 1 aliphatic rings. The standard InChI is InChI=1S/C27H23F2N5O2/c1-3-4-24(35)33(2)19-14-20(15-19)34-23-9-10-31-27(30)25(23)26(32-34)16-5-7-21(8-6-16)36-22-12-17(28)11-18(29)13-22/h5-13,19-20H,14-15H2,1-2H3,(H2,30,31)/t19-,20+. The molecule has 2 N–H and O–H groups in total. The SMILES string of the molecule is CC#CC(=O)N(C)[C@H]1C[C@@H](n2nc(-c3ccc(Oc4cc(F)cc(F)c4)cc3)c3c(N)nccc32)C1. The molecule has 4 aromatic rings.